The molecule has 9 heteroatoms. The Balaban J connectivity index is 1.94. The summed E-state index contributed by atoms with van der Waals surface area (Å²) in [7, 11) is 0. The van der Waals surface area contributed by atoms with Crippen LogP contribution < -0.4 is 10.6 Å². The van der Waals surface area contributed by atoms with Gasteiger partial charge in [-0.2, -0.15) is 13.2 Å². The molecule has 2 amide bonds. The quantitative estimate of drug-likeness (QED) is 0.798. The van der Waals surface area contributed by atoms with E-state index >= 15 is 0 Å². The third-order valence-corrected chi connectivity index (χ3v) is 3.41. The lowest BCUT2D eigenvalue weighted by Crippen LogP contribution is -2.33. The van der Waals surface area contributed by atoms with Crippen LogP contribution in [0, 0.1) is 5.82 Å². The van der Waals surface area contributed by atoms with Gasteiger partial charge in [0.2, 0.25) is 5.91 Å². The summed E-state index contributed by atoms with van der Waals surface area (Å²) >= 11 is 5.73. The van der Waals surface area contributed by atoms with Gasteiger partial charge in [0.1, 0.15) is 5.82 Å². The maximum atomic E-state index is 13.6. The molecule has 25 heavy (non-hydrogen) atoms. The molecule has 0 aliphatic rings. The number of hydrogen-bond donors (Lipinski definition) is 2. The summed E-state index contributed by atoms with van der Waals surface area (Å²) in [6.45, 7) is -0.509. The number of benzene rings is 2. The summed E-state index contributed by atoms with van der Waals surface area (Å²) in [6, 6.07) is 7.48. The Hall–Kier alpha value is -2.61. The number of halogens is 5. The SMILES string of the molecule is O=C(CNC(=O)c1c(F)cccc1Cl)Nc1ccc(C(F)(F)F)cc1. The largest absolute Gasteiger partial charge is 0.416 e. The van der Waals surface area contributed by atoms with Gasteiger partial charge in [0, 0.05) is 5.69 Å². The molecular formula is C16H11ClF4N2O2. The highest BCUT2D eigenvalue weighted by Crippen LogP contribution is 2.29. The second kappa shape index (κ2) is 7.52. The Labute approximate surface area is 144 Å². The van der Waals surface area contributed by atoms with Crippen LogP contribution in [0.2, 0.25) is 5.02 Å². The standard InChI is InChI=1S/C16H11ClF4N2O2/c17-11-2-1-3-12(18)14(11)15(25)22-8-13(24)23-10-6-4-9(5-7-10)16(19,20)21/h1-7H,8H2,(H,22,25)(H,23,24). The number of anilines is 1. The fourth-order valence-corrected chi connectivity index (χ4v) is 2.16. The van der Waals surface area contributed by atoms with Crippen LogP contribution in [0.15, 0.2) is 42.5 Å². The minimum Gasteiger partial charge on any atom is -0.343 e. The molecule has 2 aromatic carbocycles. The second-order valence-corrected chi connectivity index (χ2v) is 5.31. The first-order chi connectivity index (χ1) is 11.7. The van der Waals surface area contributed by atoms with Gasteiger partial charge in [-0.3, -0.25) is 9.59 Å². The highest BCUT2D eigenvalue weighted by atomic mass is 35.5. The molecule has 0 atom stereocenters. The lowest BCUT2D eigenvalue weighted by molar-refractivity contribution is -0.137. The molecule has 132 valence electrons. The minimum atomic E-state index is -4.48. The molecule has 0 saturated heterocycles. The molecule has 0 heterocycles. The van der Waals surface area contributed by atoms with Crippen molar-refractivity contribution in [2.24, 2.45) is 0 Å². The van der Waals surface area contributed by atoms with Crippen molar-refractivity contribution < 1.29 is 27.2 Å². The number of alkyl halides is 3. The summed E-state index contributed by atoms with van der Waals surface area (Å²) in [5.74, 6) is -2.42. The number of hydrogen-bond acceptors (Lipinski definition) is 2. The molecule has 0 spiro atoms. The molecule has 0 aliphatic carbocycles. The van der Waals surface area contributed by atoms with Gasteiger partial charge in [0.05, 0.1) is 22.7 Å². The lowest BCUT2D eigenvalue weighted by Gasteiger charge is -2.10. The Morgan fingerprint density at radius 2 is 1.68 bits per heavy atom. The number of carbonyl (C=O) groups excluding carboxylic acids is 2. The van der Waals surface area contributed by atoms with Crippen LogP contribution in [-0.2, 0) is 11.0 Å². The Morgan fingerprint density at radius 1 is 1.04 bits per heavy atom. The maximum Gasteiger partial charge on any atom is 0.416 e. The van der Waals surface area contributed by atoms with E-state index in [1.54, 1.807) is 0 Å². The van der Waals surface area contributed by atoms with Crippen molar-refractivity contribution in [3.63, 3.8) is 0 Å². The average molecular weight is 375 g/mol. The Kier molecular flexibility index (Phi) is 5.63. The summed E-state index contributed by atoms with van der Waals surface area (Å²) in [5, 5.41) is 4.38. The minimum absolute atomic E-state index is 0.111. The molecule has 4 nitrogen and oxygen atoms in total. The topological polar surface area (TPSA) is 58.2 Å². The van der Waals surface area contributed by atoms with E-state index in [0.717, 1.165) is 30.3 Å². The van der Waals surface area contributed by atoms with Gasteiger partial charge in [-0.05, 0) is 36.4 Å². The zero-order valence-corrected chi connectivity index (χ0v) is 13.2. The molecule has 2 aromatic rings. The predicted molar refractivity (Wildman–Crippen MR) is 83.8 cm³/mol. The second-order valence-electron chi connectivity index (χ2n) is 4.90. The summed E-state index contributed by atoms with van der Waals surface area (Å²) in [6.07, 6.45) is -4.48. The molecule has 0 aliphatic heterocycles. The summed E-state index contributed by atoms with van der Waals surface area (Å²) in [4.78, 5) is 23.6. The zero-order valence-electron chi connectivity index (χ0n) is 12.5. The van der Waals surface area contributed by atoms with Crippen molar-refractivity contribution >= 4 is 29.1 Å². The molecule has 0 saturated carbocycles. The van der Waals surface area contributed by atoms with E-state index in [-0.39, 0.29) is 10.7 Å². The number of amides is 2. The molecular weight excluding hydrogens is 364 g/mol. The van der Waals surface area contributed by atoms with Gasteiger partial charge in [-0.1, -0.05) is 17.7 Å². The zero-order chi connectivity index (χ0) is 18.6. The van der Waals surface area contributed by atoms with Crippen LogP contribution in [0.25, 0.3) is 0 Å². The van der Waals surface area contributed by atoms with Crippen molar-refractivity contribution in [2.45, 2.75) is 6.18 Å². The normalized spacial score (nSPS) is 11.1. The average Bonchev–Trinajstić information content (AvgIpc) is 2.52. The summed E-state index contributed by atoms with van der Waals surface area (Å²) < 4.78 is 50.9. The van der Waals surface area contributed by atoms with Gasteiger partial charge < -0.3 is 10.6 Å². The van der Waals surface area contributed by atoms with E-state index in [1.165, 1.54) is 12.1 Å². The third-order valence-electron chi connectivity index (χ3n) is 3.10. The first-order valence-electron chi connectivity index (χ1n) is 6.88. The lowest BCUT2D eigenvalue weighted by atomic mass is 10.2. The van der Waals surface area contributed by atoms with Crippen LogP contribution in [0.1, 0.15) is 15.9 Å². The van der Waals surface area contributed by atoms with Gasteiger partial charge in [0.15, 0.2) is 0 Å². The van der Waals surface area contributed by atoms with Crippen molar-refractivity contribution in [2.75, 3.05) is 11.9 Å². The van der Waals surface area contributed by atoms with Gasteiger partial charge in [0.25, 0.3) is 5.91 Å². The molecule has 0 unspecified atom stereocenters. The Bertz CT molecular complexity index is 771. The van der Waals surface area contributed by atoms with E-state index in [1.807, 2.05) is 0 Å². The van der Waals surface area contributed by atoms with Crippen molar-refractivity contribution in [3.05, 3.63) is 64.4 Å². The predicted octanol–water partition coefficient (Wildman–Crippen LogP) is 3.87. The highest BCUT2D eigenvalue weighted by Gasteiger charge is 2.30. The van der Waals surface area contributed by atoms with Crippen LogP contribution >= 0.6 is 11.6 Å². The number of rotatable bonds is 4. The third kappa shape index (κ3) is 4.93. The van der Waals surface area contributed by atoms with Crippen LogP contribution in [0.5, 0.6) is 0 Å². The first-order valence-corrected chi connectivity index (χ1v) is 7.25. The van der Waals surface area contributed by atoms with Crippen LogP contribution in [-0.4, -0.2) is 18.4 Å². The van der Waals surface area contributed by atoms with E-state index in [9.17, 15) is 27.2 Å². The molecule has 0 aromatic heterocycles. The molecule has 2 rings (SSSR count). The van der Waals surface area contributed by atoms with E-state index in [2.05, 4.69) is 10.6 Å². The van der Waals surface area contributed by atoms with Crippen LogP contribution in [0.3, 0.4) is 0 Å². The monoisotopic (exact) mass is 374 g/mol. The van der Waals surface area contributed by atoms with Gasteiger partial charge >= 0.3 is 6.18 Å². The van der Waals surface area contributed by atoms with Crippen molar-refractivity contribution in [3.8, 4) is 0 Å². The molecule has 0 radical (unpaired) electrons. The first kappa shape index (κ1) is 18.7. The van der Waals surface area contributed by atoms with Crippen molar-refractivity contribution in [1.82, 2.24) is 5.32 Å². The number of carbonyl (C=O) groups is 2. The Morgan fingerprint density at radius 3 is 2.24 bits per heavy atom. The molecule has 2 N–H and O–H groups in total. The maximum absolute atomic E-state index is 13.6. The van der Waals surface area contributed by atoms with Crippen molar-refractivity contribution in [1.29, 1.82) is 0 Å². The highest BCUT2D eigenvalue weighted by molar-refractivity contribution is 6.33. The fraction of sp³-hybridized carbons (Fsp3) is 0.125. The number of nitrogens with one attached hydrogen (secondary N) is 2. The van der Waals surface area contributed by atoms with E-state index in [0.29, 0.717) is 0 Å². The van der Waals surface area contributed by atoms with Gasteiger partial charge in [-0.25, -0.2) is 4.39 Å². The smallest absolute Gasteiger partial charge is 0.343 e. The van der Waals surface area contributed by atoms with Gasteiger partial charge in [-0.15, -0.1) is 0 Å². The van der Waals surface area contributed by atoms with E-state index < -0.39 is 41.5 Å². The van der Waals surface area contributed by atoms with E-state index in [4.69, 9.17) is 11.6 Å². The molecule has 0 bridgehead atoms. The fourth-order valence-electron chi connectivity index (χ4n) is 1.91. The molecule has 0 fully saturated rings. The van der Waals surface area contributed by atoms with Crippen LogP contribution in [0.4, 0.5) is 23.2 Å². The summed E-state index contributed by atoms with van der Waals surface area (Å²) in [5.41, 5.74) is -1.13.